The third-order valence-corrected chi connectivity index (χ3v) is 7.47. The molecule has 4 rings (SSSR count). The number of benzene rings is 2. The Bertz CT molecular complexity index is 1020. The third kappa shape index (κ3) is 4.79. The predicted molar refractivity (Wildman–Crippen MR) is 125 cm³/mol. The lowest BCUT2D eigenvalue weighted by Crippen LogP contribution is -2.43. The fourth-order valence-corrected chi connectivity index (χ4v) is 5.12. The van der Waals surface area contributed by atoms with Crippen molar-refractivity contribution in [1.82, 2.24) is 5.32 Å². The van der Waals surface area contributed by atoms with Crippen LogP contribution >= 0.6 is 11.8 Å². The van der Waals surface area contributed by atoms with E-state index in [0.717, 1.165) is 29.1 Å². The van der Waals surface area contributed by atoms with E-state index in [2.05, 4.69) is 24.5 Å². The second-order valence-corrected chi connectivity index (χ2v) is 9.48. The SMILES string of the molecule is COc1ccc(/C=C2/Sc3ccc(C(=O)N[C@@H]4CCC[C@H](C)[C@@H]4C)cc3NC2=O)cc1. The maximum atomic E-state index is 12.8. The van der Waals surface area contributed by atoms with Crippen LogP contribution in [0.4, 0.5) is 5.69 Å². The van der Waals surface area contributed by atoms with Gasteiger partial charge in [0.05, 0.1) is 17.7 Å². The molecule has 162 valence electrons. The Labute approximate surface area is 187 Å². The molecule has 2 N–H and O–H groups in total. The van der Waals surface area contributed by atoms with Gasteiger partial charge in [-0.05, 0) is 60.2 Å². The van der Waals surface area contributed by atoms with Gasteiger partial charge >= 0.3 is 0 Å². The van der Waals surface area contributed by atoms with Crippen LogP contribution in [0.1, 0.15) is 49.0 Å². The number of carbonyl (C=O) groups is 2. The van der Waals surface area contributed by atoms with Gasteiger partial charge in [0.25, 0.3) is 11.8 Å². The summed E-state index contributed by atoms with van der Waals surface area (Å²) in [6, 6.07) is 13.3. The maximum absolute atomic E-state index is 12.8. The number of hydrogen-bond acceptors (Lipinski definition) is 4. The molecule has 2 aromatic rings. The highest BCUT2D eigenvalue weighted by atomic mass is 32.2. The monoisotopic (exact) mass is 436 g/mol. The highest BCUT2D eigenvalue weighted by Crippen LogP contribution is 2.39. The van der Waals surface area contributed by atoms with E-state index in [4.69, 9.17) is 4.74 Å². The molecule has 2 aliphatic rings. The number of nitrogens with one attached hydrogen (secondary N) is 2. The number of carbonyl (C=O) groups excluding carboxylic acids is 2. The van der Waals surface area contributed by atoms with E-state index in [-0.39, 0.29) is 17.9 Å². The number of rotatable bonds is 4. The van der Waals surface area contributed by atoms with E-state index < -0.39 is 0 Å². The molecule has 0 aromatic heterocycles. The van der Waals surface area contributed by atoms with E-state index in [1.165, 1.54) is 18.2 Å². The van der Waals surface area contributed by atoms with Crippen LogP contribution in [0, 0.1) is 11.8 Å². The first-order chi connectivity index (χ1) is 14.9. The third-order valence-electron chi connectivity index (χ3n) is 6.37. The molecule has 3 atom stereocenters. The van der Waals surface area contributed by atoms with E-state index in [1.807, 2.05) is 42.5 Å². The molecular formula is C25H28N2O3S. The van der Waals surface area contributed by atoms with Crippen LogP contribution in [0.25, 0.3) is 6.08 Å². The highest BCUT2D eigenvalue weighted by Gasteiger charge is 2.29. The van der Waals surface area contributed by atoms with Gasteiger partial charge in [-0.2, -0.15) is 0 Å². The summed E-state index contributed by atoms with van der Waals surface area (Å²) < 4.78 is 5.18. The van der Waals surface area contributed by atoms with Crippen molar-refractivity contribution in [2.75, 3.05) is 12.4 Å². The number of amides is 2. The molecule has 5 nitrogen and oxygen atoms in total. The van der Waals surface area contributed by atoms with Crippen LogP contribution in [-0.2, 0) is 4.79 Å². The minimum Gasteiger partial charge on any atom is -0.497 e. The van der Waals surface area contributed by atoms with Gasteiger partial charge in [-0.15, -0.1) is 0 Å². The Morgan fingerprint density at radius 3 is 2.68 bits per heavy atom. The van der Waals surface area contributed by atoms with Gasteiger partial charge in [0, 0.05) is 16.5 Å². The van der Waals surface area contributed by atoms with Gasteiger partial charge in [-0.1, -0.05) is 50.6 Å². The molecule has 0 bridgehead atoms. The molecule has 31 heavy (non-hydrogen) atoms. The van der Waals surface area contributed by atoms with E-state index in [9.17, 15) is 9.59 Å². The molecule has 0 radical (unpaired) electrons. The zero-order valence-corrected chi connectivity index (χ0v) is 18.9. The van der Waals surface area contributed by atoms with Gasteiger partial charge < -0.3 is 15.4 Å². The molecule has 1 fully saturated rings. The van der Waals surface area contributed by atoms with Crippen LogP contribution in [0.15, 0.2) is 52.3 Å². The summed E-state index contributed by atoms with van der Waals surface area (Å²) in [6.45, 7) is 4.47. The quantitative estimate of drug-likeness (QED) is 0.635. The molecule has 2 aromatic carbocycles. The van der Waals surface area contributed by atoms with Crippen molar-refractivity contribution in [3.63, 3.8) is 0 Å². The summed E-state index contributed by atoms with van der Waals surface area (Å²) in [5.41, 5.74) is 2.18. The van der Waals surface area contributed by atoms with Crippen molar-refractivity contribution < 1.29 is 14.3 Å². The summed E-state index contributed by atoms with van der Waals surface area (Å²) in [4.78, 5) is 27.0. The zero-order valence-electron chi connectivity index (χ0n) is 18.1. The first kappa shape index (κ1) is 21.5. The van der Waals surface area contributed by atoms with Crippen LogP contribution in [-0.4, -0.2) is 25.0 Å². The summed E-state index contributed by atoms with van der Waals surface area (Å²) >= 11 is 1.41. The molecule has 0 unspecified atom stereocenters. The van der Waals surface area contributed by atoms with Crippen molar-refractivity contribution >= 4 is 35.3 Å². The topological polar surface area (TPSA) is 67.4 Å². The molecule has 1 saturated carbocycles. The van der Waals surface area contributed by atoms with Crippen molar-refractivity contribution in [2.45, 2.75) is 44.0 Å². The van der Waals surface area contributed by atoms with Crippen LogP contribution in [0.5, 0.6) is 5.75 Å². The smallest absolute Gasteiger partial charge is 0.262 e. The Hall–Kier alpha value is -2.73. The van der Waals surface area contributed by atoms with E-state index in [0.29, 0.717) is 28.0 Å². The normalized spacial score (nSPS) is 24.3. The lowest BCUT2D eigenvalue weighted by Gasteiger charge is -2.34. The fraction of sp³-hybridized carbons (Fsp3) is 0.360. The van der Waals surface area contributed by atoms with Crippen LogP contribution < -0.4 is 15.4 Å². The molecule has 6 heteroatoms. The van der Waals surface area contributed by atoms with Crippen LogP contribution in [0.3, 0.4) is 0 Å². The van der Waals surface area contributed by atoms with Crippen molar-refractivity contribution in [3.8, 4) is 5.75 Å². The standard InChI is InChI=1S/C25H28N2O3S/c1-15-5-4-6-20(16(15)2)26-24(28)18-9-12-22-21(14-18)27-25(29)23(31-22)13-17-7-10-19(30-3)11-8-17/h7-16,20H,4-6H2,1-3H3,(H,26,28)(H,27,29)/b23-13+/t15-,16-,20+/m0/s1. The van der Waals surface area contributed by atoms with Gasteiger partial charge in [0.2, 0.25) is 0 Å². The number of methoxy groups -OCH3 is 1. The molecule has 1 heterocycles. The first-order valence-corrected chi connectivity index (χ1v) is 11.6. The Balaban J connectivity index is 1.48. The highest BCUT2D eigenvalue weighted by molar-refractivity contribution is 8.04. The first-order valence-electron chi connectivity index (χ1n) is 10.7. The van der Waals surface area contributed by atoms with Gasteiger partial charge in [0.1, 0.15) is 5.75 Å². The van der Waals surface area contributed by atoms with E-state index in [1.54, 1.807) is 13.2 Å². The van der Waals surface area contributed by atoms with Crippen molar-refractivity contribution in [1.29, 1.82) is 0 Å². The summed E-state index contributed by atoms with van der Waals surface area (Å²) in [5, 5.41) is 6.14. The predicted octanol–water partition coefficient (Wildman–Crippen LogP) is 5.34. The van der Waals surface area contributed by atoms with Crippen molar-refractivity contribution in [2.24, 2.45) is 11.8 Å². The number of thioether (sulfide) groups is 1. The second-order valence-electron chi connectivity index (χ2n) is 8.40. The van der Waals surface area contributed by atoms with Gasteiger partial charge in [0.15, 0.2) is 0 Å². The average molecular weight is 437 g/mol. The number of ether oxygens (including phenoxy) is 1. The molecular weight excluding hydrogens is 408 g/mol. The Kier molecular flexibility index (Phi) is 6.37. The fourth-order valence-electron chi connectivity index (χ4n) is 4.19. The molecule has 2 amide bonds. The molecule has 1 aliphatic carbocycles. The number of anilines is 1. The van der Waals surface area contributed by atoms with Crippen molar-refractivity contribution in [3.05, 3.63) is 58.5 Å². The summed E-state index contributed by atoms with van der Waals surface area (Å²) in [6.07, 6.45) is 5.25. The lowest BCUT2D eigenvalue weighted by atomic mass is 9.78. The van der Waals surface area contributed by atoms with Gasteiger partial charge in [-0.3, -0.25) is 9.59 Å². The summed E-state index contributed by atoms with van der Waals surface area (Å²) in [7, 11) is 1.62. The zero-order chi connectivity index (χ0) is 22.0. The minimum atomic E-state index is -0.166. The average Bonchev–Trinajstić information content (AvgIpc) is 2.77. The maximum Gasteiger partial charge on any atom is 0.262 e. The minimum absolute atomic E-state index is 0.0763. The Morgan fingerprint density at radius 1 is 1.16 bits per heavy atom. The second kappa shape index (κ2) is 9.18. The number of hydrogen-bond donors (Lipinski definition) is 2. The Morgan fingerprint density at radius 2 is 1.94 bits per heavy atom. The molecule has 0 saturated heterocycles. The number of fused-ring (bicyclic) bond motifs is 1. The molecule has 1 aliphatic heterocycles. The van der Waals surface area contributed by atoms with Crippen LogP contribution in [0.2, 0.25) is 0 Å². The molecule has 0 spiro atoms. The largest absolute Gasteiger partial charge is 0.497 e. The summed E-state index contributed by atoms with van der Waals surface area (Å²) in [5.74, 6) is 1.62. The van der Waals surface area contributed by atoms with E-state index >= 15 is 0 Å². The van der Waals surface area contributed by atoms with Gasteiger partial charge in [-0.25, -0.2) is 0 Å². The lowest BCUT2D eigenvalue weighted by molar-refractivity contribution is -0.112.